The molecule has 0 fully saturated rings. The molecule has 192 valence electrons. The van der Waals surface area contributed by atoms with Crippen LogP contribution < -0.4 is 10.4 Å². The van der Waals surface area contributed by atoms with Gasteiger partial charge in [-0.2, -0.15) is 0 Å². The number of esters is 1. The van der Waals surface area contributed by atoms with Crippen molar-refractivity contribution in [3.63, 3.8) is 0 Å². The van der Waals surface area contributed by atoms with Gasteiger partial charge in [0.15, 0.2) is 0 Å². The minimum absolute atomic E-state index is 0.0252. The molecule has 0 amide bonds. The fourth-order valence-corrected chi connectivity index (χ4v) is 8.96. The molecular weight excluding hydrogens is 460 g/mol. The number of unbranched alkanes of at least 4 members (excludes halogenated alkanes) is 5. The van der Waals surface area contributed by atoms with Crippen LogP contribution in [0.3, 0.4) is 0 Å². The Balaban J connectivity index is 2.03. The van der Waals surface area contributed by atoms with Crippen molar-refractivity contribution in [1.82, 2.24) is 0 Å². The molecule has 2 aromatic rings. The van der Waals surface area contributed by atoms with E-state index in [1.54, 1.807) is 0 Å². The summed E-state index contributed by atoms with van der Waals surface area (Å²) in [5.74, 6) is 11.9. The van der Waals surface area contributed by atoms with E-state index in [0.29, 0.717) is 6.61 Å². The monoisotopic (exact) mass is 502 g/mol. The maximum atomic E-state index is 11.4. The molecule has 4 heteroatoms. The van der Waals surface area contributed by atoms with Gasteiger partial charge in [-0.3, -0.25) is 4.79 Å². The number of hydrogen-bond acceptors (Lipinski definition) is 3. The van der Waals surface area contributed by atoms with Crippen molar-refractivity contribution in [3.8, 4) is 23.7 Å². The molecule has 0 saturated carbocycles. The molecule has 0 aliphatic heterocycles. The summed E-state index contributed by atoms with van der Waals surface area (Å²) in [6, 6.07) is 21.4. The number of ether oxygens (including phenoxy) is 1. The van der Waals surface area contributed by atoms with E-state index >= 15 is 0 Å². The average molecular weight is 503 g/mol. The summed E-state index contributed by atoms with van der Waals surface area (Å²) < 4.78 is 12.2. The first-order valence-corrected chi connectivity index (χ1v) is 15.1. The highest BCUT2D eigenvalue weighted by Crippen LogP contribution is 2.36. The van der Waals surface area contributed by atoms with E-state index in [1.165, 1.54) is 17.3 Å². The SMILES string of the molecule is CCCCCC#C[C@@H](C#CCCCCO[Si](c1ccccc1)(c1ccccc1)C(C)(C)C)OC(C)=O. The van der Waals surface area contributed by atoms with Crippen molar-refractivity contribution in [1.29, 1.82) is 0 Å². The maximum Gasteiger partial charge on any atom is 0.304 e. The first kappa shape index (κ1) is 29.4. The first-order valence-electron chi connectivity index (χ1n) is 13.2. The highest BCUT2D eigenvalue weighted by Gasteiger charge is 2.49. The topological polar surface area (TPSA) is 35.5 Å². The molecule has 0 unspecified atom stereocenters. The van der Waals surface area contributed by atoms with Gasteiger partial charge >= 0.3 is 5.97 Å². The van der Waals surface area contributed by atoms with Crippen LogP contribution in [0.2, 0.25) is 5.04 Å². The molecule has 0 aliphatic carbocycles. The van der Waals surface area contributed by atoms with E-state index in [0.717, 1.165) is 44.9 Å². The van der Waals surface area contributed by atoms with Gasteiger partial charge in [0, 0.05) is 26.4 Å². The lowest BCUT2D eigenvalue weighted by Gasteiger charge is -2.43. The van der Waals surface area contributed by atoms with E-state index in [2.05, 4.69) is 112 Å². The standard InChI is InChI=1S/C32H42O3Si/c1-6-7-8-9-14-21-29(35-28(2)33)22-15-10-11-20-27-34-36(32(3,4)5,30-23-16-12-17-24-30)31-25-18-13-19-26-31/h12-13,16-19,23-26,29H,6-11,20,27H2,1-5H3/t29-/m0/s1. The Kier molecular flexibility index (Phi) is 12.5. The smallest absolute Gasteiger partial charge is 0.304 e. The second kappa shape index (κ2) is 15.3. The Morgan fingerprint density at radius 3 is 1.78 bits per heavy atom. The summed E-state index contributed by atoms with van der Waals surface area (Å²) in [5, 5.41) is 2.57. The molecule has 36 heavy (non-hydrogen) atoms. The molecule has 2 rings (SSSR count). The summed E-state index contributed by atoms with van der Waals surface area (Å²) in [5.41, 5.74) is 0. The Bertz CT molecular complexity index is 994. The summed E-state index contributed by atoms with van der Waals surface area (Å²) in [4.78, 5) is 11.4. The Morgan fingerprint density at radius 1 is 0.833 bits per heavy atom. The van der Waals surface area contributed by atoms with Gasteiger partial charge in [-0.05, 0) is 46.5 Å². The molecular formula is C32H42O3Si. The second-order valence-electron chi connectivity index (χ2n) is 10.1. The van der Waals surface area contributed by atoms with Gasteiger partial charge in [0.2, 0.25) is 6.10 Å². The number of carbonyl (C=O) groups excluding carboxylic acids is 1. The van der Waals surface area contributed by atoms with Crippen LogP contribution in [-0.2, 0) is 14.0 Å². The van der Waals surface area contributed by atoms with Gasteiger partial charge in [0.25, 0.3) is 8.32 Å². The van der Waals surface area contributed by atoms with Crippen molar-refractivity contribution in [2.75, 3.05) is 6.61 Å². The quantitative estimate of drug-likeness (QED) is 0.158. The minimum Gasteiger partial charge on any atom is -0.437 e. The highest BCUT2D eigenvalue weighted by molar-refractivity contribution is 6.99. The predicted molar refractivity (Wildman–Crippen MR) is 153 cm³/mol. The van der Waals surface area contributed by atoms with E-state index in [9.17, 15) is 4.79 Å². The number of benzene rings is 2. The number of hydrogen-bond donors (Lipinski definition) is 0. The van der Waals surface area contributed by atoms with E-state index in [-0.39, 0.29) is 11.0 Å². The van der Waals surface area contributed by atoms with Crippen molar-refractivity contribution < 1.29 is 14.0 Å². The van der Waals surface area contributed by atoms with Crippen LogP contribution in [0.15, 0.2) is 60.7 Å². The van der Waals surface area contributed by atoms with Crippen LogP contribution in [0.5, 0.6) is 0 Å². The average Bonchev–Trinajstić information content (AvgIpc) is 2.85. The van der Waals surface area contributed by atoms with E-state index in [4.69, 9.17) is 9.16 Å². The zero-order valence-electron chi connectivity index (χ0n) is 22.7. The van der Waals surface area contributed by atoms with E-state index < -0.39 is 14.4 Å². The van der Waals surface area contributed by atoms with Crippen LogP contribution in [-0.4, -0.2) is 27.0 Å². The van der Waals surface area contributed by atoms with Crippen LogP contribution in [0, 0.1) is 23.7 Å². The molecule has 1 atom stereocenters. The van der Waals surface area contributed by atoms with Gasteiger partial charge in [-0.1, -0.05) is 113 Å². The third-order valence-corrected chi connectivity index (χ3v) is 11.1. The van der Waals surface area contributed by atoms with Crippen molar-refractivity contribution in [2.24, 2.45) is 0 Å². The second-order valence-corrected chi connectivity index (χ2v) is 14.4. The van der Waals surface area contributed by atoms with Crippen molar-refractivity contribution in [3.05, 3.63) is 60.7 Å². The lowest BCUT2D eigenvalue weighted by atomic mass is 10.2. The Morgan fingerprint density at radius 2 is 1.33 bits per heavy atom. The normalized spacial score (nSPS) is 12.0. The molecule has 0 radical (unpaired) electrons. The zero-order valence-corrected chi connectivity index (χ0v) is 23.7. The molecule has 3 nitrogen and oxygen atoms in total. The van der Waals surface area contributed by atoms with Gasteiger partial charge in [-0.25, -0.2) is 0 Å². The molecule has 0 N–H and O–H groups in total. The molecule has 0 spiro atoms. The van der Waals surface area contributed by atoms with Crippen LogP contribution in [0.1, 0.15) is 79.6 Å². The first-order chi connectivity index (χ1) is 17.3. The lowest BCUT2D eigenvalue weighted by Crippen LogP contribution is -2.66. The van der Waals surface area contributed by atoms with Crippen molar-refractivity contribution in [2.45, 2.75) is 90.7 Å². The summed E-state index contributed by atoms with van der Waals surface area (Å²) in [6.45, 7) is 11.1. The van der Waals surface area contributed by atoms with Gasteiger partial charge < -0.3 is 9.16 Å². The fourth-order valence-electron chi connectivity index (χ4n) is 4.36. The third kappa shape index (κ3) is 9.01. The molecule has 2 aromatic carbocycles. The van der Waals surface area contributed by atoms with Crippen molar-refractivity contribution >= 4 is 24.7 Å². The minimum atomic E-state index is -2.49. The van der Waals surface area contributed by atoms with Crippen LogP contribution in [0.4, 0.5) is 0 Å². The van der Waals surface area contributed by atoms with Crippen LogP contribution in [0.25, 0.3) is 0 Å². The van der Waals surface area contributed by atoms with Gasteiger partial charge in [0.05, 0.1) is 0 Å². The molecule has 0 heterocycles. The Labute approximate surface area is 220 Å². The highest BCUT2D eigenvalue weighted by atomic mass is 28.4. The summed E-state index contributed by atoms with van der Waals surface area (Å²) in [7, 11) is -2.49. The van der Waals surface area contributed by atoms with Gasteiger partial charge in [-0.15, -0.1) is 0 Å². The molecule has 0 aliphatic rings. The number of rotatable bonds is 11. The number of carbonyl (C=O) groups is 1. The largest absolute Gasteiger partial charge is 0.437 e. The lowest BCUT2D eigenvalue weighted by molar-refractivity contribution is -0.141. The molecule has 0 bridgehead atoms. The molecule has 0 saturated heterocycles. The summed E-state index contributed by atoms with van der Waals surface area (Å²) >= 11 is 0. The molecule has 0 aromatic heterocycles. The fraction of sp³-hybridized carbons (Fsp3) is 0.469. The Hall–Kier alpha value is -2.79. The van der Waals surface area contributed by atoms with Gasteiger partial charge in [0.1, 0.15) is 0 Å². The van der Waals surface area contributed by atoms with Crippen LogP contribution >= 0.6 is 0 Å². The third-order valence-electron chi connectivity index (χ3n) is 6.09. The maximum absolute atomic E-state index is 11.4. The predicted octanol–water partition coefficient (Wildman–Crippen LogP) is 6.25. The van der Waals surface area contributed by atoms with E-state index in [1.807, 2.05) is 0 Å². The zero-order chi connectivity index (χ0) is 26.3. The summed E-state index contributed by atoms with van der Waals surface area (Å²) in [6.07, 6.45) is 6.12.